The van der Waals surface area contributed by atoms with Crippen LogP contribution in [0.5, 0.6) is 0 Å². The van der Waals surface area contributed by atoms with Gasteiger partial charge >= 0.3 is 0 Å². The van der Waals surface area contributed by atoms with Gasteiger partial charge in [0.2, 0.25) is 0 Å². The van der Waals surface area contributed by atoms with Gasteiger partial charge in [-0.3, -0.25) is 0 Å². The number of hydrogen-bond acceptors (Lipinski definition) is 0. The summed E-state index contributed by atoms with van der Waals surface area (Å²) in [6.45, 7) is 2.16. The van der Waals surface area contributed by atoms with Gasteiger partial charge in [-0.2, -0.15) is 0 Å². The second-order valence-corrected chi connectivity index (χ2v) is 4.62. The van der Waals surface area contributed by atoms with E-state index in [-0.39, 0.29) is 0 Å². The Labute approximate surface area is 106 Å². The molecule has 0 radical (unpaired) electrons. The molecule has 0 bridgehead atoms. The zero-order valence-electron chi connectivity index (χ0n) is 8.95. The number of benzene rings is 2. The van der Waals surface area contributed by atoms with E-state index in [2.05, 4.69) is 19.1 Å². The molecule has 2 aromatic rings. The molecule has 0 N–H and O–H groups in total. The summed E-state index contributed by atoms with van der Waals surface area (Å²) in [7, 11) is 0. The molecule has 2 aromatic carbocycles. The average Bonchev–Trinajstić information content (AvgIpc) is 2.33. The molecule has 0 saturated carbocycles. The fourth-order valence-electron chi connectivity index (χ4n) is 1.72. The summed E-state index contributed by atoms with van der Waals surface area (Å²) in [5.74, 6) is 0.330. The molecule has 0 fully saturated rings. The van der Waals surface area contributed by atoms with Crippen LogP contribution in [0.15, 0.2) is 48.5 Å². The molecular weight excluding hydrogens is 239 g/mol. The Balaban J connectivity index is 2.34. The summed E-state index contributed by atoms with van der Waals surface area (Å²) >= 11 is 11.9. The minimum Gasteiger partial charge on any atom is -0.0827 e. The van der Waals surface area contributed by atoms with Gasteiger partial charge in [0.25, 0.3) is 0 Å². The molecule has 0 amide bonds. The number of halogens is 2. The van der Waals surface area contributed by atoms with E-state index < -0.39 is 0 Å². The predicted octanol–water partition coefficient (Wildman–Crippen LogP) is 5.15. The summed E-state index contributed by atoms with van der Waals surface area (Å²) in [6, 6.07) is 16.1. The van der Waals surface area contributed by atoms with Gasteiger partial charge in [-0.05, 0) is 23.3 Å². The molecule has 1 unspecified atom stereocenters. The quantitative estimate of drug-likeness (QED) is 0.692. The molecule has 2 heteroatoms. The summed E-state index contributed by atoms with van der Waals surface area (Å²) in [5.41, 5.74) is 2.46. The molecule has 0 nitrogen and oxygen atoms in total. The smallest absolute Gasteiger partial charge is 0.0595 e. The van der Waals surface area contributed by atoms with Gasteiger partial charge in [0.15, 0.2) is 0 Å². The first kappa shape index (κ1) is 11.5. The Bertz CT molecular complexity index is 477. The molecule has 82 valence electrons. The Morgan fingerprint density at radius 2 is 1.50 bits per heavy atom. The first-order chi connectivity index (χ1) is 7.68. The van der Waals surface area contributed by atoms with Crippen molar-refractivity contribution in [3.8, 4) is 0 Å². The van der Waals surface area contributed by atoms with E-state index in [9.17, 15) is 0 Å². The minimum atomic E-state index is 0.330. The van der Waals surface area contributed by atoms with Gasteiger partial charge in [-0.15, -0.1) is 0 Å². The highest BCUT2D eigenvalue weighted by Gasteiger charge is 2.09. The largest absolute Gasteiger partial charge is 0.0827 e. The molecule has 0 aromatic heterocycles. The molecule has 2 rings (SSSR count). The van der Waals surface area contributed by atoms with E-state index in [1.807, 2.05) is 36.4 Å². The van der Waals surface area contributed by atoms with Crippen molar-refractivity contribution in [3.05, 3.63) is 69.7 Å². The van der Waals surface area contributed by atoms with Crippen LogP contribution in [0.2, 0.25) is 10.0 Å². The van der Waals surface area contributed by atoms with Crippen LogP contribution in [0.1, 0.15) is 24.0 Å². The lowest BCUT2D eigenvalue weighted by atomic mass is 9.93. The van der Waals surface area contributed by atoms with Crippen molar-refractivity contribution in [2.75, 3.05) is 0 Å². The third-order valence-electron chi connectivity index (χ3n) is 2.74. The molecule has 1 atom stereocenters. The van der Waals surface area contributed by atoms with Gasteiger partial charge in [0.1, 0.15) is 0 Å². The van der Waals surface area contributed by atoms with Crippen LogP contribution in [0, 0.1) is 0 Å². The lowest BCUT2D eigenvalue weighted by Crippen LogP contribution is -1.95. The maximum absolute atomic E-state index is 6.01. The van der Waals surface area contributed by atoms with Gasteiger partial charge in [0, 0.05) is 5.92 Å². The van der Waals surface area contributed by atoms with Crippen molar-refractivity contribution in [2.24, 2.45) is 0 Å². The molecule has 0 spiro atoms. The van der Waals surface area contributed by atoms with Crippen molar-refractivity contribution in [1.82, 2.24) is 0 Å². The van der Waals surface area contributed by atoms with Crippen LogP contribution in [-0.2, 0) is 0 Å². The topological polar surface area (TPSA) is 0 Å². The minimum absolute atomic E-state index is 0.330. The van der Waals surface area contributed by atoms with Gasteiger partial charge < -0.3 is 0 Å². The van der Waals surface area contributed by atoms with Crippen LogP contribution in [0.3, 0.4) is 0 Å². The molecular formula is C14H12Cl2. The lowest BCUT2D eigenvalue weighted by molar-refractivity contribution is 0.922. The standard InChI is InChI=1S/C14H12Cl2/c1-10(11-5-3-2-4-6-11)12-7-8-13(15)14(16)9-12/h2-10H,1H3. The number of hydrogen-bond donors (Lipinski definition) is 0. The third-order valence-corrected chi connectivity index (χ3v) is 3.48. The summed E-state index contributed by atoms with van der Waals surface area (Å²) in [4.78, 5) is 0. The highest BCUT2D eigenvalue weighted by molar-refractivity contribution is 6.42. The molecule has 0 aliphatic rings. The van der Waals surface area contributed by atoms with Crippen molar-refractivity contribution in [3.63, 3.8) is 0 Å². The third kappa shape index (κ3) is 2.40. The Morgan fingerprint density at radius 3 is 2.12 bits per heavy atom. The molecule has 0 aliphatic carbocycles. The fraction of sp³-hybridized carbons (Fsp3) is 0.143. The summed E-state index contributed by atoms with van der Waals surface area (Å²) < 4.78 is 0. The lowest BCUT2D eigenvalue weighted by Gasteiger charge is -2.13. The van der Waals surface area contributed by atoms with E-state index in [1.54, 1.807) is 0 Å². The summed E-state index contributed by atoms with van der Waals surface area (Å²) in [5, 5.41) is 1.22. The molecule has 16 heavy (non-hydrogen) atoms. The van der Waals surface area contributed by atoms with Crippen molar-refractivity contribution in [2.45, 2.75) is 12.8 Å². The van der Waals surface area contributed by atoms with Gasteiger partial charge in [0.05, 0.1) is 10.0 Å². The normalized spacial score (nSPS) is 12.4. The van der Waals surface area contributed by atoms with E-state index >= 15 is 0 Å². The van der Waals surface area contributed by atoms with Crippen LogP contribution in [0.4, 0.5) is 0 Å². The van der Waals surface area contributed by atoms with Gasteiger partial charge in [-0.1, -0.05) is 66.5 Å². The highest BCUT2D eigenvalue weighted by Crippen LogP contribution is 2.29. The second-order valence-electron chi connectivity index (χ2n) is 3.81. The van der Waals surface area contributed by atoms with E-state index in [0.717, 1.165) is 0 Å². The molecule has 0 heterocycles. The average molecular weight is 251 g/mol. The first-order valence-electron chi connectivity index (χ1n) is 5.18. The predicted molar refractivity (Wildman–Crippen MR) is 70.4 cm³/mol. The fourth-order valence-corrected chi connectivity index (χ4v) is 2.02. The van der Waals surface area contributed by atoms with Crippen LogP contribution in [0.25, 0.3) is 0 Å². The molecule has 0 aliphatic heterocycles. The Morgan fingerprint density at radius 1 is 0.812 bits per heavy atom. The van der Waals surface area contributed by atoms with E-state index in [1.165, 1.54) is 11.1 Å². The SMILES string of the molecule is CC(c1ccccc1)c1ccc(Cl)c(Cl)c1. The van der Waals surface area contributed by atoms with Crippen LogP contribution >= 0.6 is 23.2 Å². The van der Waals surface area contributed by atoms with E-state index in [0.29, 0.717) is 16.0 Å². The van der Waals surface area contributed by atoms with Crippen molar-refractivity contribution >= 4 is 23.2 Å². The van der Waals surface area contributed by atoms with E-state index in [4.69, 9.17) is 23.2 Å². The maximum Gasteiger partial charge on any atom is 0.0595 e. The van der Waals surface area contributed by atoms with Gasteiger partial charge in [-0.25, -0.2) is 0 Å². The Kier molecular flexibility index (Phi) is 3.52. The first-order valence-corrected chi connectivity index (χ1v) is 5.94. The van der Waals surface area contributed by atoms with Crippen LogP contribution in [-0.4, -0.2) is 0 Å². The number of rotatable bonds is 2. The monoisotopic (exact) mass is 250 g/mol. The molecule has 0 saturated heterocycles. The van der Waals surface area contributed by atoms with Crippen molar-refractivity contribution in [1.29, 1.82) is 0 Å². The maximum atomic E-state index is 6.01. The summed E-state index contributed by atoms with van der Waals surface area (Å²) in [6.07, 6.45) is 0. The zero-order chi connectivity index (χ0) is 11.5. The highest BCUT2D eigenvalue weighted by atomic mass is 35.5. The Hall–Kier alpha value is -0.980. The second kappa shape index (κ2) is 4.90. The van der Waals surface area contributed by atoms with Crippen molar-refractivity contribution < 1.29 is 0 Å². The van der Waals surface area contributed by atoms with Crippen LogP contribution < -0.4 is 0 Å². The zero-order valence-corrected chi connectivity index (χ0v) is 10.5.